The van der Waals surface area contributed by atoms with Crippen molar-refractivity contribution in [3.05, 3.63) is 35.2 Å². The van der Waals surface area contributed by atoms with E-state index in [2.05, 4.69) is 4.98 Å². The molecular weight excluding hydrogens is 330 g/mol. The van der Waals surface area contributed by atoms with Crippen LogP contribution in [0.3, 0.4) is 0 Å². The summed E-state index contributed by atoms with van der Waals surface area (Å²) in [5.74, 6) is -0.0507. The van der Waals surface area contributed by atoms with Crippen LogP contribution in [0.5, 0.6) is 0 Å². The third kappa shape index (κ3) is 2.68. The predicted molar refractivity (Wildman–Crippen MR) is 89.4 cm³/mol. The molecule has 1 saturated carbocycles. The minimum atomic E-state index is -0.0507. The molecule has 0 aromatic carbocycles. The molecule has 128 valence electrons. The molecule has 0 radical (unpaired) electrons. The summed E-state index contributed by atoms with van der Waals surface area (Å²) < 4.78 is 13.4. The second-order valence-electron chi connectivity index (χ2n) is 6.21. The fraction of sp³-hybridized carbons (Fsp3) is 0.529. The minimum Gasteiger partial charge on any atom is -0.376 e. The van der Waals surface area contributed by atoms with E-state index in [1.807, 2.05) is 17.9 Å². The monoisotopic (exact) mass is 349 g/mol. The molecule has 3 atom stereocenters. The summed E-state index contributed by atoms with van der Waals surface area (Å²) in [7, 11) is 0. The quantitative estimate of drug-likeness (QED) is 0.853. The summed E-state index contributed by atoms with van der Waals surface area (Å²) in [6, 6.07) is 3.64. The zero-order valence-electron chi connectivity index (χ0n) is 13.5. The van der Waals surface area contributed by atoms with Gasteiger partial charge in [0.2, 0.25) is 0 Å². The summed E-state index contributed by atoms with van der Waals surface area (Å²) in [5, 5.41) is 0.612. The Morgan fingerprint density at radius 3 is 3.12 bits per heavy atom. The largest absolute Gasteiger partial charge is 0.376 e. The van der Waals surface area contributed by atoms with E-state index in [4.69, 9.17) is 21.1 Å². The number of fused-ring (bicyclic) bond motifs is 2. The number of morpholine rings is 1. The lowest BCUT2D eigenvalue weighted by Gasteiger charge is -2.38. The lowest BCUT2D eigenvalue weighted by molar-refractivity contribution is -0.102. The van der Waals surface area contributed by atoms with Gasteiger partial charge in [0, 0.05) is 25.5 Å². The number of nitrogens with zero attached hydrogens (tertiary/aromatic N) is 3. The Labute approximate surface area is 145 Å². The van der Waals surface area contributed by atoms with Crippen LogP contribution in [0.1, 0.15) is 30.3 Å². The molecule has 2 aromatic rings. The number of hydrogen-bond donors (Lipinski definition) is 0. The van der Waals surface area contributed by atoms with Gasteiger partial charge in [-0.05, 0) is 31.9 Å². The van der Waals surface area contributed by atoms with Gasteiger partial charge < -0.3 is 18.8 Å². The van der Waals surface area contributed by atoms with Crippen LogP contribution in [0.15, 0.2) is 24.5 Å². The van der Waals surface area contributed by atoms with Crippen molar-refractivity contribution in [2.45, 2.75) is 38.0 Å². The lowest BCUT2D eigenvalue weighted by Crippen LogP contribution is -2.54. The molecule has 1 saturated heterocycles. The number of carbonyl (C=O) groups is 1. The van der Waals surface area contributed by atoms with Crippen molar-refractivity contribution in [2.24, 2.45) is 0 Å². The van der Waals surface area contributed by atoms with Gasteiger partial charge >= 0.3 is 0 Å². The fourth-order valence-corrected chi connectivity index (χ4v) is 3.94. The van der Waals surface area contributed by atoms with Crippen LogP contribution in [-0.4, -0.2) is 58.2 Å². The Bertz CT molecular complexity index is 763. The van der Waals surface area contributed by atoms with Gasteiger partial charge in [0.25, 0.3) is 5.91 Å². The molecule has 2 aliphatic rings. The molecular formula is C17H20ClN3O3. The molecule has 1 aliphatic carbocycles. The summed E-state index contributed by atoms with van der Waals surface area (Å²) >= 11 is 6.00. The number of carbonyl (C=O) groups excluding carboxylic acids is 1. The molecule has 4 rings (SSSR count). The third-order valence-electron chi connectivity index (χ3n) is 4.81. The van der Waals surface area contributed by atoms with Crippen LogP contribution in [0.2, 0.25) is 5.02 Å². The number of halogens is 1. The van der Waals surface area contributed by atoms with Crippen molar-refractivity contribution in [1.82, 2.24) is 14.3 Å². The molecule has 0 unspecified atom stereocenters. The SMILES string of the molecule is CCO[C@H]1CC[C@H]2[C@@H]1OCCN2C(=O)c1cn2cc(Cl)ccc2n1. The molecule has 1 aliphatic heterocycles. The molecule has 3 heterocycles. The lowest BCUT2D eigenvalue weighted by atomic mass is 10.1. The Morgan fingerprint density at radius 2 is 2.29 bits per heavy atom. The van der Waals surface area contributed by atoms with Crippen molar-refractivity contribution in [1.29, 1.82) is 0 Å². The fourth-order valence-electron chi connectivity index (χ4n) is 3.78. The zero-order valence-corrected chi connectivity index (χ0v) is 14.3. The second kappa shape index (κ2) is 6.35. The summed E-state index contributed by atoms with van der Waals surface area (Å²) in [6.45, 7) is 3.78. The Morgan fingerprint density at radius 1 is 1.42 bits per heavy atom. The van der Waals surface area contributed by atoms with Crippen molar-refractivity contribution in [3.8, 4) is 0 Å². The molecule has 2 aromatic heterocycles. The van der Waals surface area contributed by atoms with Crippen molar-refractivity contribution in [3.63, 3.8) is 0 Å². The van der Waals surface area contributed by atoms with E-state index in [1.165, 1.54) is 0 Å². The van der Waals surface area contributed by atoms with E-state index in [9.17, 15) is 4.79 Å². The van der Waals surface area contributed by atoms with Gasteiger partial charge in [0.15, 0.2) is 0 Å². The molecule has 0 bridgehead atoms. The second-order valence-corrected chi connectivity index (χ2v) is 6.65. The minimum absolute atomic E-state index is 0.0332. The molecule has 0 spiro atoms. The van der Waals surface area contributed by atoms with E-state index >= 15 is 0 Å². The third-order valence-corrected chi connectivity index (χ3v) is 5.03. The number of hydrogen-bond acceptors (Lipinski definition) is 4. The van der Waals surface area contributed by atoms with Crippen LogP contribution in [0.25, 0.3) is 5.65 Å². The topological polar surface area (TPSA) is 56.1 Å². The van der Waals surface area contributed by atoms with E-state index in [1.54, 1.807) is 22.9 Å². The highest BCUT2D eigenvalue weighted by Gasteiger charge is 2.45. The van der Waals surface area contributed by atoms with Gasteiger partial charge in [0.1, 0.15) is 17.4 Å². The highest BCUT2D eigenvalue weighted by atomic mass is 35.5. The maximum Gasteiger partial charge on any atom is 0.274 e. The molecule has 0 N–H and O–H groups in total. The Kier molecular flexibility index (Phi) is 4.20. The van der Waals surface area contributed by atoms with Gasteiger partial charge in [-0.15, -0.1) is 0 Å². The van der Waals surface area contributed by atoms with Crippen LogP contribution < -0.4 is 0 Å². The number of amides is 1. The first-order valence-corrected chi connectivity index (χ1v) is 8.73. The average molecular weight is 350 g/mol. The number of rotatable bonds is 3. The van der Waals surface area contributed by atoms with E-state index in [-0.39, 0.29) is 24.2 Å². The molecule has 6 nitrogen and oxygen atoms in total. The zero-order chi connectivity index (χ0) is 16.7. The first-order chi connectivity index (χ1) is 11.7. The summed E-state index contributed by atoms with van der Waals surface area (Å²) in [6.07, 6.45) is 5.37. The first-order valence-electron chi connectivity index (χ1n) is 8.36. The number of ether oxygens (including phenoxy) is 2. The molecule has 7 heteroatoms. The summed E-state index contributed by atoms with van der Waals surface area (Å²) in [4.78, 5) is 19.3. The average Bonchev–Trinajstić information content (AvgIpc) is 3.18. The normalized spacial score (nSPS) is 26.8. The number of pyridine rings is 1. The van der Waals surface area contributed by atoms with Gasteiger partial charge in [-0.2, -0.15) is 0 Å². The van der Waals surface area contributed by atoms with Crippen molar-refractivity contribution in [2.75, 3.05) is 19.8 Å². The maximum absolute atomic E-state index is 13.0. The maximum atomic E-state index is 13.0. The van der Waals surface area contributed by atoms with Crippen molar-refractivity contribution < 1.29 is 14.3 Å². The summed E-state index contributed by atoms with van der Waals surface area (Å²) in [5.41, 5.74) is 1.16. The Balaban J connectivity index is 1.58. The Hall–Kier alpha value is -1.63. The highest BCUT2D eigenvalue weighted by molar-refractivity contribution is 6.30. The standard InChI is InChI=1S/C17H20ClN3O3/c1-2-23-14-5-4-13-16(14)24-8-7-21(13)17(22)12-10-20-9-11(18)3-6-15(20)19-12/h3,6,9-10,13-14,16H,2,4-5,7-8H2,1H3/t13-,14-,16-/m0/s1. The van der Waals surface area contributed by atoms with Crippen LogP contribution in [0.4, 0.5) is 0 Å². The number of aromatic nitrogens is 2. The number of imidazole rings is 1. The van der Waals surface area contributed by atoms with E-state index < -0.39 is 0 Å². The van der Waals surface area contributed by atoms with Gasteiger partial charge in [-0.25, -0.2) is 4.98 Å². The first kappa shape index (κ1) is 15.9. The van der Waals surface area contributed by atoms with Gasteiger partial charge in [-0.3, -0.25) is 4.79 Å². The van der Waals surface area contributed by atoms with Gasteiger partial charge in [-0.1, -0.05) is 11.6 Å². The molecule has 2 fully saturated rings. The van der Waals surface area contributed by atoms with Crippen LogP contribution in [-0.2, 0) is 9.47 Å². The smallest absolute Gasteiger partial charge is 0.274 e. The highest BCUT2D eigenvalue weighted by Crippen LogP contribution is 2.33. The van der Waals surface area contributed by atoms with Crippen LogP contribution in [0, 0.1) is 0 Å². The molecule has 1 amide bonds. The molecule has 24 heavy (non-hydrogen) atoms. The van der Waals surface area contributed by atoms with Gasteiger partial charge in [0.05, 0.1) is 23.8 Å². The van der Waals surface area contributed by atoms with Crippen LogP contribution >= 0.6 is 11.6 Å². The van der Waals surface area contributed by atoms with Crippen molar-refractivity contribution >= 4 is 23.2 Å². The predicted octanol–water partition coefficient (Wildman–Crippen LogP) is 2.40. The van der Waals surface area contributed by atoms with E-state index in [0.29, 0.717) is 36.1 Å². The van der Waals surface area contributed by atoms with E-state index in [0.717, 1.165) is 12.8 Å².